The zero-order chi connectivity index (χ0) is 42.4. The molecule has 0 amide bonds. The summed E-state index contributed by atoms with van der Waals surface area (Å²) in [6, 6.07) is 82.8. The Balaban J connectivity index is 1.11. The van der Waals surface area contributed by atoms with Gasteiger partial charge in [-0.1, -0.05) is 152 Å². The number of pyridine rings is 2. The van der Waals surface area contributed by atoms with Crippen molar-refractivity contribution in [3.8, 4) is 50.5 Å². The van der Waals surface area contributed by atoms with Crippen LogP contribution in [0.15, 0.2) is 243 Å². The van der Waals surface area contributed by atoms with Crippen molar-refractivity contribution in [3.63, 3.8) is 0 Å². The molecule has 64 heavy (non-hydrogen) atoms. The minimum absolute atomic E-state index is 0.952. The minimum Gasteiger partial charge on any atom is -0.310 e. The summed E-state index contributed by atoms with van der Waals surface area (Å²) in [4.78, 5) is 11.7. The maximum atomic E-state index is 4.67. The molecule has 9 aromatic carbocycles. The maximum Gasteiger partial charge on any atom is 0.0701 e. The average Bonchev–Trinajstić information content (AvgIpc) is 3.71. The van der Waals surface area contributed by atoms with Crippen molar-refractivity contribution in [2.75, 3.05) is 4.90 Å². The van der Waals surface area contributed by atoms with E-state index in [1.54, 1.807) is 0 Å². The smallest absolute Gasteiger partial charge is 0.0701 e. The average molecular weight is 817 g/mol. The van der Waals surface area contributed by atoms with Crippen molar-refractivity contribution < 1.29 is 0 Å². The third-order valence-electron chi connectivity index (χ3n) is 12.5. The molecule has 12 aromatic rings. The fraction of sp³-hybridized carbons (Fsp3) is 0. The molecule has 0 N–H and O–H groups in total. The van der Waals surface area contributed by atoms with E-state index in [9.17, 15) is 0 Å². The fourth-order valence-electron chi connectivity index (χ4n) is 9.65. The molecular formula is C60H40N4. The van der Waals surface area contributed by atoms with Crippen LogP contribution in [-0.4, -0.2) is 14.5 Å². The summed E-state index contributed by atoms with van der Waals surface area (Å²) in [5, 5.41) is 7.23. The third-order valence-corrected chi connectivity index (χ3v) is 12.5. The quantitative estimate of drug-likeness (QED) is 0.143. The Kier molecular flexibility index (Phi) is 9.12. The first-order valence-electron chi connectivity index (χ1n) is 21.7. The highest BCUT2D eigenvalue weighted by atomic mass is 15.1. The van der Waals surface area contributed by atoms with Gasteiger partial charge in [0.05, 0.1) is 28.1 Å². The Hall–Kier alpha value is -8.60. The Bertz CT molecular complexity index is 3570. The molecule has 0 aliphatic rings. The summed E-state index contributed by atoms with van der Waals surface area (Å²) in [6.45, 7) is 0. The summed E-state index contributed by atoms with van der Waals surface area (Å²) >= 11 is 0. The maximum absolute atomic E-state index is 4.67. The Labute approximate surface area is 371 Å². The van der Waals surface area contributed by atoms with E-state index in [1.165, 1.54) is 54.5 Å². The SMILES string of the molecule is c1ccc(N(c2ccc(-n3c4ccccc4c4ccccc43)cc2)c2cccc3c(-c4ccc(-c5ccccn5)cc4)c4ccccc4c(-c4ccc(-c5ccccn5)cc4)c23)cc1. The Morgan fingerprint density at radius 3 is 1.33 bits per heavy atom. The number of nitrogens with zero attached hydrogens (tertiary/aromatic N) is 4. The first-order chi connectivity index (χ1) is 31.8. The van der Waals surface area contributed by atoms with Gasteiger partial charge in [-0.05, 0) is 117 Å². The number of rotatable bonds is 8. The van der Waals surface area contributed by atoms with Gasteiger partial charge in [0.25, 0.3) is 0 Å². The predicted octanol–water partition coefficient (Wildman–Crippen LogP) is 16.0. The van der Waals surface area contributed by atoms with E-state index < -0.39 is 0 Å². The van der Waals surface area contributed by atoms with Gasteiger partial charge in [-0.2, -0.15) is 0 Å². The Morgan fingerprint density at radius 2 is 0.766 bits per heavy atom. The lowest BCUT2D eigenvalue weighted by Crippen LogP contribution is -2.11. The molecule has 0 saturated carbocycles. The van der Waals surface area contributed by atoms with E-state index in [0.717, 1.165) is 56.4 Å². The molecule has 0 atom stereocenters. The van der Waals surface area contributed by atoms with Gasteiger partial charge in [-0.15, -0.1) is 0 Å². The molecule has 3 aromatic heterocycles. The van der Waals surface area contributed by atoms with Crippen molar-refractivity contribution in [2.24, 2.45) is 0 Å². The Morgan fingerprint density at radius 1 is 0.312 bits per heavy atom. The van der Waals surface area contributed by atoms with Gasteiger partial charge in [0.15, 0.2) is 0 Å². The molecule has 0 fully saturated rings. The zero-order valence-corrected chi connectivity index (χ0v) is 34.9. The lowest BCUT2D eigenvalue weighted by molar-refractivity contribution is 1.17. The van der Waals surface area contributed by atoms with Crippen LogP contribution in [0.3, 0.4) is 0 Å². The molecule has 0 saturated heterocycles. The zero-order valence-electron chi connectivity index (χ0n) is 34.9. The predicted molar refractivity (Wildman–Crippen MR) is 268 cm³/mol. The number of fused-ring (bicyclic) bond motifs is 5. The number of hydrogen-bond acceptors (Lipinski definition) is 3. The second kappa shape index (κ2) is 15.7. The summed E-state index contributed by atoms with van der Waals surface area (Å²) < 4.78 is 2.38. The van der Waals surface area contributed by atoms with Gasteiger partial charge in [0.2, 0.25) is 0 Å². The van der Waals surface area contributed by atoms with Crippen LogP contribution >= 0.6 is 0 Å². The van der Waals surface area contributed by atoms with Gasteiger partial charge in [0, 0.05) is 56.7 Å². The second-order valence-electron chi connectivity index (χ2n) is 16.1. The first kappa shape index (κ1) is 37.2. The molecule has 3 heterocycles. The van der Waals surface area contributed by atoms with Crippen LogP contribution in [0.2, 0.25) is 0 Å². The molecule has 0 aliphatic carbocycles. The normalized spacial score (nSPS) is 11.4. The van der Waals surface area contributed by atoms with Crippen LogP contribution in [0.1, 0.15) is 0 Å². The summed E-state index contributed by atoms with van der Waals surface area (Å²) in [7, 11) is 0. The highest BCUT2D eigenvalue weighted by molar-refractivity contribution is 6.25. The molecule has 0 spiro atoms. The fourth-order valence-corrected chi connectivity index (χ4v) is 9.65. The molecule has 0 unspecified atom stereocenters. The van der Waals surface area contributed by atoms with Gasteiger partial charge in [-0.25, -0.2) is 0 Å². The lowest BCUT2D eigenvalue weighted by Gasteiger charge is -2.29. The largest absolute Gasteiger partial charge is 0.310 e. The van der Waals surface area contributed by atoms with Crippen LogP contribution in [0.5, 0.6) is 0 Å². The van der Waals surface area contributed by atoms with E-state index in [-0.39, 0.29) is 0 Å². The third kappa shape index (κ3) is 6.31. The minimum atomic E-state index is 0.952. The topological polar surface area (TPSA) is 34.0 Å². The number of benzene rings is 9. The van der Waals surface area contributed by atoms with Crippen LogP contribution in [0.25, 0.3) is 93.8 Å². The molecule has 12 rings (SSSR count). The van der Waals surface area contributed by atoms with Crippen LogP contribution in [0.4, 0.5) is 17.1 Å². The van der Waals surface area contributed by atoms with E-state index in [1.807, 2.05) is 36.7 Å². The van der Waals surface area contributed by atoms with Crippen LogP contribution in [-0.2, 0) is 0 Å². The monoisotopic (exact) mass is 816 g/mol. The van der Waals surface area contributed by atoms with Gasteiger partial charge in [-0.3, -0.25) is 9.97 Å². The van der Waals surface area contributed by atoms with Gasteiger partial charge in [0.1, 0.15) is 0 Å². The van der Waals surface area contributed by atoms with Crippen molar-refractivity contribution >= 4 is 60.4 Å². The summed E-state index contributed by atoms with van der Waals surface area (Å²) in [5.41, 5.74) is 15.5. The molecule has 4 heteroatoms. The molecule has 0 aliphatic heterocycles. The van der Waals surface area contributed by atoms with E-state index in [0.29, 0.717) is 0 Å². The van der Waals surface area contributed by atoms with Gasteiger partial charge >= 0.3 is 0 Å². The van der Waals surface area contributed by atoms with Gasteiger partial charge < -0.3 is 9.47 Å². The first-order valence-corrected chi connectivity index (χ1v) is 21.7. The van der Waals surface area contributed by atoms with Crippen LogP contribution < -0.4 is 4.90 Å². The van der Waals surface area contributed by atoms with E-state index in [4.69, 9.17) is 0 Å². The van der Waals surface area contributed by atoms with Crippen molar-refractivity contribution in [2.45, 2.75) is 0 Å². The number of aromatic nitrogens is 3. The van der Waals surface area contributed by atoms with E-state index in [2.05, 4.69) is 226 Å². The highest BCUT2D eigenvalue weighted by Gasteiger charge is 2.24. The van der Waals surface area contributed by atoms with E-state index >= 15 is 0 Å². The second-order valence-corrected chi connectivity index (χ2v) is 16.1. The molecule has 0 radical (unpaired) electrons. The molecule has 0 bridgehead atoms. The summed E-state index contributed by atoms with van der Waals surface area (Å²) in [6.07, 6.45) is 3.70. The number of hydrogen-bond donors (Lipinski definition) is 0. The number of para-hydroxylation sites is 3. The molecular weight excluding hydrogens is 777 g/mol. The summed E-state index contributed by atoms with van der Waals surface area (Å²) in [5.74, 6) is 0. The lowest BCUT2D eigenvalue weighted by atomic mass is 9.84. The highest BCUT2D eigenvalue weighted by Crippen LogP contribution is 2.50. The molecule has 300 valence electrons. The molecule has 4 nitrogen and oxygen atoms in total. The standard InChI is InChI=1S/C60H40N4/c1-2-15-45(16-3-1)63(46-35-37-47(38-36-46)64-55-24-8-6-17-48(55)49-18-7-9-25-56(49)64)57-26-14-21-52-58(43-31-27-41(28-32-43)53-22-10-12-39-61-53)50-19-4-5-20-51(50)59(60(52)57)44-33-29-42(30-34-44)54-23-11-13-40-62-54/h1-40H. The van der Waals surface area contributed by atoms with Crippen LogP contribution in [0, 0.1) is 0 Å². The van der Waals surface area contributed by atoms with Crippen molar-refractivity contribution in [1.29, 1.82) is 0 Å². The number of anilines is 3. The van der Waals surface area contributed by atoms with Crippen molar-refractivity contribution in [3.05, 3.63) is 243 Å². The van der Waals surface area contributed by atoms with Crippen molar-refractivity contribution in [1.82, 2.24) is 14.5 Å².